The third kappa shape index (κ3) is 4.57. The van der Waals surface area contributed by atoms with E-state index in [2.05, 4.69) is 36.5 Å². The van der Waals surface area contributed by atoms with Crippen LogP contribution in [-0.2, 0) is 4.74 Å². The lowest BCUT2D eigenvalue weighted by atomic mass is 10.3. The number of phenols is 1. The molecule has 0 spiro atoms. The fraction of sp³-hybridized carbons (Fsp3) is 0.286. The van der Waals surface area contributed by atoms with Crippen LogP contribution >= 0.6 is 15.9 Å². The first-order valence-corrected chi connectivity index (χ1v) is 7.22. The highest BCUT2D eigenvalue weighted by Crippen LogP contribution is 2.23. The smallest absolute Gasteiger partial charge is 0.229 e. The van der Waals surface area contributed by atoms with Crippen molar-refractivity contribution in [2.45, 2.75) is 13.0 Å². The standard InChI is InChI=1S/C14H17BrN4O2/c1-9(8-21-2)17-13-12(15)7-16-14(19-13)18-10-3-5-11(20)6-4-10/h3-7,9,20H,8H2,1-2H3,(H2,16,17,18,19)/t9-/m0/s1. The van der Waals surface area contributed by atoms with Gasteiger partial charge in [-0.1, -0.05) is 0 Å². The van der Waals surface area contributed by atoms with Crippen LogP contribution in [0.25, 0.3) is 0 Å². The zero-order valence-corrected chi connectivity index (χ0v) is 13.4. The first-order valence-electron chi connectivity index (χ1n) is 6.42. The van der Waals surface area contributed by atoms with Crippen LogP contribution in [0.4, 0.5) is 17.5 Å². The number of halogens is 1. The van der Waals surface area contributed by atoms with E-state index >= 15 is 0 Å². The van der Waals surface area contributed by atoms with Crippen LogP contribution in [0.2, 0.25) is 0 Å². The van der Waals surface area contributed by atoms with E-state index in [1.165, 1.54) is 0 Å². The van der Waals surface area contributed by atoms with E-state index < -0.39 is 0 Å². The Morgan fingerprint density at radius 3 is 2.71 bits per heavy atom. The Labute approximate surface area is 131 Å². The predicted octanol–water partition coefficient (Wildman–Crippen LogP) is 3.14. The summed E-state index contributed by atoms with van der Waals surface area (Å²) >= 11 is 3.42. The summed E-state index contributed by atoms with van der Waals surface area (Å²) < 4.78 is 5.87. The van der Waals surface area contributed by atoms with Crippen molar-refractivity contribution >= 4 is 33.4 Å². The van der Waals surface area contributed by atoms with E-state index in [0.717, 1.165) is 10.2 Å². The average Bonchev–Trinajstić information content (AvgIpc) is 2.45. The number of benzene rings is 1. The molecule has 3 N–H and O–H groups in total. The molecule has 0 unspecified atom stereocenters. The molecule has 0 fully saturated rings. The molecule has 0 saturated carbocycles. The van der Waals surface area contributed by atoms with E-state index in [4.69, 9.17) is 4.74 Å². The van der Waals surface area contributed by atoms with Crippen molar-refractivity contribution in [1.29, 1.82) is 0 Å². The van der Waals surface area contributed by atoms with Gasteiger partial charge in [-0.15, -0.1) is 0 Å². The van der Waals surface area contributed by atoms with E-state index in [0.29, 0.717) is 18.4 Å². The van der Waals surface area contributed by atoms with E-state index in [9.17, 15) is 5.11 Å². The highest BCUT2D eigenvalue weighted by molar-refractivity contribution is 9.10. The van der Waals surface area contributed by atoms with Crippen LogP contribution in [0.15, 0.2) is 34.9 Å². The van der Waals surface area contributed by atoms with Gasteiger partial charge in [0.05, 0.1) is 11.1 Å². The summed E-state index contributed by atoms with van der Waals surface area (Å²) in [6, 6.07) is 6.83. The quantitative estimate of drug-likeness (QED) is 0.693. The number of anilines is 3. The topological polar surface area (TPSA) is 79.3 Å². The predicted molar refractivity (Wildman–Crippen MR) is 86.1 cm³/mol. The van der Waals surface area contributed by atoms with Crippen molar-refractivity contribution in [3.05, 3.63) is 34.9 Å². The summed E-state index contributed by atoms with van der Waals surface area (Å²) in [5.74, 6) is 1.37. The molecule has 0 aliphatic carbocycles. The largest absolute Gasteiger partial charge is 0.508 e. The van der Waals surface area contributed by atoms with Crippen LogP contribution in [0.3, 0.4) is 0 Å². The third-order valence-electron chi connectivity index (χ3n) is 2.67. The molecule has 1 aromatic carbocycles. The van der Waals surface area contributed by atoms with Crippen LogP contribution in [0.1, 0.15) is 6.92 Å². The van der Waals surface area contributed by atoms with Gasteiger partial charge in [-0.05, 0) is 47.1 Å². The molecule has 0 bridgehead atoms. The van der Waals surface area contributed by atoms with Crippen LogP contribution in [0, 0.1) is 0 Å². The minimum atomic E-state index is 0.128. The van der Waals surface area contributed by atoms with Crippen molar-refractivity contribution in [2.75, 3.05) is 24.4 Å². The first kappa shape index (κ1) is 15.5. The Morgan fingerprint density at radius 2 is 2.05 bits per heavy atom. The number of nitrogens with zero attached hydrogens (tertiary/aromatic N) is 2. The summed E-state index contributed by atoms with van der Waals surface area (Å²) in [5.41, 5.74) is 0.797. The van der Waals surface area contributed by atoms with Gasteiger partial charge in [0.1, 0.15) is 11.6 Å². The first-order chi connectivity index (χ1) is 10.1. The highest BCUT2D eigenvalue weighted by Gasteiger charge is 2.08. The second-order valence-corrected chi connectivity index (χ2v) is 5.42. The average molecular weight is 353 g/mol. The Bertz CT molecular complexity index is 592. The van der Waals surface area contributed by atoms with Crippen molar-refractivity contribution in [2.24, 2.45) is 0 Å². The van der Waals surface area contributed by atoms with Crippen LogP contribution < -0.4 is 10.6 Å². The number of rotatable bonds is 6. The normalized spacial score (nSPS) is 12.0. The molecule has 0 aliphatic heterocycles. The molecule has 7 heteroatoms. The van der Waals surface area contributed by atoms with Gasteiger partial charge >= 0.3 is 0 Å². The van der Waals surface area contributed by atoms with Gasteiger partial charge < -0.3 is 20.5 Å². The minimum Gasteiger partial charge on any atom is -0.508 e. The van der Waals surface area contributed by atoms with Gasteiger partial charge in [0.2, 0.25) is 5.95 Å². The summed E-state index contributed by atoms with van der Waals surface area (Å²) in [6.07, 6.45) is 1.68. The Morgan fingerprint density at radius 1 is 1.33 bits per heavy atom. The van der Waals surface area contributed by atoms with E-state index in [1.807, 2.05) is 6.92 Å². The molecule has 21 heavy (non-hydrogen) atoms. The maximum absolute atomic E-state index is 9.27. The van der Waals surface area contributed by atoms with Crippen LogP contribution in [0.5, 0.6) is 5.75 Å². The van der Waals surface area contributed by atoms with Crippen LogP contribution in [-0.4, -0.2) is 34.8 Å². The lowest BCUT2D eigenvalue weighted by Gasteiger charge is -2.15. The molecular weight excluding hydrogens is 336 g/mol. The highest BCUT2D eigenvalue weighted by atomic mass is 79.9. The molecule has 2 aromatic rings. The molecule has 0 radical (unpaired) electrons. The van der Waals surface area contributed by atoms with Crippen molar-refractivity contribution in [3.8, 4) is 5.75 Å². The maximum Gasteiger partial charge on any atom is 0.229 e. The molecular formula is C14H17BrN4O2. The number of nitrogens with one attached hydrogen (secondary N) is 2. The monoisotopic (exact) mass is 352 g/mol. The Kier molecular flexibility index (Phi) is 5.35. The molecule has 2 rings (SSSR count). The Balaban J connectivity index is 2.12. The summed E-state index contributed by atoms with van der Waals surface area (Å²) in [4.78, 5) is 8.62. The number of aromatic nitrogens is 2. The fourth-order valence-electron chi connectivity index (χ4n) is 1.73. The van der Waals surface area contributed by atoms with Gasteiger partial charge in [0.25, 0.3) is 0 Å². The SMILES string of the molecule is COC[C@H](C)Nc1nc(Nc2ccc(O)cc2)ncc1Br. The molecule has 0 amide bonds. The van der Waals surface area contributed by atoms with E-state index in [-0.39, 0.29) is 11.8 Å². The van der Waals surface area contributed by atoms with E-state index in [1.54, 1.807) is 37.6 Å². The molecule has 1 heterocycles. The van der Waals surface area contributed by atoms with Gasteiger partial charge in [-0.2, -0.15) is 4.98 Å². The number of hydrogen-bond acceptors (Lipinski definition) is 6. The second kappa shape index (κ2) is 7.24. The maximum atomic E-state index is 9.27. The van der Waals surface area contributed by atoms with Gasteiger partial charge in [-0.25, -0.2) is 4.98 Å². The molecule has 1 atom stereocenters. The summed E-state index contributed by atoms with van der Waals surface area (Å²) in [5, 5.41) is 15.6. The minimum absolute atomic E-state index is 0.128. The lowest BCUT2D eigenvalue weighted by Crippen LogP contribution is -2.22. The number of ether oxygens (including phenoxy) is 1. The summed E-state index contributed by atoms with van der Waals surface area (Å²) in [6.45, 7) is 2.59. The molecule has 0 saturated heterocycles. The fourth-order valence-corrected chi connectivity index (χ4v) is 2.03. The summed E-state index contributed by atoms with van der Waals surface area (Å²) in [7, 11) is 1.66. The number of phenolic OH excluding ortho intramolecular Hbond substituents is 1. The molecule has 0 aliphatic rings. The zero-order chi connectivity index (χ0) is 15.2. The lowest BCUT2D eigenvalue weighted by molar-refractivity contribution is 0.190. The van der Waals surface area contributed by atoms with Gasteiger partial charge in [0, 0.05) is 25.0 Å². The molecule has 6 nitrogen and oxygen atoms in total. The Hall–Kier alpha value is -1.86. The van der Waals surface area contributed by atoms with Gasteiger partial charge in [-0.3, -0.25) is 0 Å². The number of aromatic hydroxyl groups is 1. The number of methoxy groups -OCH3 is 1. The molecule has 1 aromatic heterocycles. The zero-order valence-electron chi connectivity index (χ0n) is 11.8. The molecule has 112 valence electrons. The van der Waals surface area contributed by atoms with Crippen molar-refractivity contribution in [3.63, 3.8) is 0 Å². The van der Waals surface area contributed by atoms with Crippen molar-refractivity contribution < 1.29 is 9.84 Å². The van der Waals surface area contributed by atoms with Crippen molar-refractivity contribution in [1.82, 2.24) is 9.97 Å². The third-order valence-corrected chi connectivity index (χ3v) is 3.25. The second-order valence-electron chi connectivity index (χ2n) is 4.56. The number of hydrogen-bond donors (Lipinski definition) is 3. The van der Waals surface area contributed by atoms with Gasteiger partial charge in [0.15, 0.2) is 0 Å².